The van der Waals surface area contributed by atoms with Crippen LogP contribution in [-0.2, 0) is 4.79 Å². The van der Waals surface area contributed by atoms with Crippen molar-refractivity contribution in [3.63, 3.8) is 0 Å². The summed E-state index contributed by atoms with van der Waals surface area (Å²) in [6.07, 6.45) is 3.04. The van der Waals surface area contributed by atoms with Crippen LogP contribution in [0, 0.1) is 17.2 Å². The maximum Gasteiger partial charge on any atom is 0.287 e. The summed E-state index contributed by atoms with van der Waals surface area (Å²) in [6, 6.07) is 8.11. The van der Waals surface area contributed by atoms with Crippen LogP contribution in [0.4, 0.5) is 5.82 Å². The van der Waals surface area contributed by atoms with Gasteiger partial charge in [-0.15, -0.1) is 0 Å². The Bertz CT molecular complexity index is 864. The number of pyridine rings is 1. The minimum Gasteiger partial charge on any atom is -0.459 e. The first kappa shape index (κ1) is 19.4. The molecule has 2 aromatic heterocycles. The molecule has 1 aliphatic rings. The number of rotatable bonds is 5. The molecule has 0 aromatic carbocycles. The van der Waals surface area contributed by atoms with Gasteiger partial charge in [-0.2, -0.15) is 5.26 Å². The fourth-order valence-electron chi connectivity index (χ4n) is 3.15. The quantitative estimate of drug-likeness (QED) is 0.845. The molecule has 1 aliphatic heterocycles. The predicted molar refractivity (Wildman–Crippen MR) is 103 cm³/mol. The van der Waals surface area contributed by atoms with E-state index in [-0.39, 0.29) is 17.6 Å². The lowest BCUT2D eigenvalue weighted by molar-refractivity contribution is -0.134. The van der Waals surface area contributed by atoms with Crippen molar-refractivity contribution in [1.82, 2.24) is 15.2 Å². The van der Waals surface area contributed by atoms with Crippen molar-refractivity contribution in [2.75, 3.05) is 31.1 Å². The van der Waals surface area contributed by atoms with Gasteiger partial charge in [-0.1, -0.05) is 13.8 Å². The van der Waals surface area contributed by atoms with Gasteiger partial charge in [-0.05, 0) is 30.2 Å². The summed E-state index contributed by atoms with van der Waals surface area (Å²) >= 11 is 0. The molecule has 146 valence electrons. The Morgan fingerprint density at radius 3 is 2.61 bits per heavy atom. The molecule has 1 unspecified atom stereocenters. The molecule has 2 aromatic rings. The molecule has 28 heavy (non-hydrogen) atoms. The zero-order chi connectivity index (χ0) is 20.1. The highest BCUT2D eigenvalue weighted by atomic mass is 16.3. The van der Waals surface area contributed by atoms with Gasteiger partial charge >= 0.3 is 0 Å². The van der Waals surface area contributed by atoms with E-state index in [1.807, 2.05) is 13.8 Å². The molecule has 0 saturated carbocycles. The van der Waals surface area contributed by atoms with Crippen LogP contribution >= 0.6 is 0 Å². The van der Waals surface area contributed by atoms with Crippen LogP contribution in [0.3, 0.4) is 0 Å². The summed E-state index contributed by atoms with van der Waals surface area (Å²) in [5, 5.41) is 11.8. The second kappa shape index (κ2) is 8.57. The zero-order valence-corrected chi connectivity index (χ0v) is 16.0. The number of carbonyl (C=O) groups excluding carboxylic acids is 2. The second-order valence-corrected chi connectivity index (χ2v) is 7.00. The normalized spacial score (nSPS) is 15.2. The standard InChI is InChI=1S/C20H23N5O3/c1-14(2)18(23-19(26)16-4-3-11-28-16)20(27)25-9-7-24(8-10-25)17-12-15(13-21)5-6-22-17/h3-6,11-12,14,18H,7-10H2,1-2H3,(H,23,26). The molecule has 8 heteroatoms. The van der Waals surface area contributed by atoms with E-state index < -0.39 is 11.9 Å². The number of anilines is 1. The van der Waals surface area contributed by atoms with E-state index in [0.717, 1.165) is 5.82 Å². The minimum atomic E-state index is -0.621. The van der Waals surface area contributed by atoms with Gasteiger partial charge in [0, 0.05) is 32.4 Å². The molecule has 0 aliphatic carbocycles. The van der Waals surface area contributed by atoms with Crippen molar-refractivity contribution in [2.24, 2.45) is 5.92 Å². The summed E-state index contributed by atoms with van der Waals surface area (Å²) in [5.41, 5.74) is 0.559. The molecular weight excluding hydrogens is 358 g/mol. The SMILES string of the molecule is CC(C)C(NC(=O)c1ccco1)C(=O)N1CCN(c2cc(C#N)ccn2)CC1. The summed E-state index contributed by atoms with van der Waals surface area (Å²) in [6.45, 7) is 6.08. The van der Waals surface area contributed by atoms with Crippen molar-refractivity contribution in [3.05, 3.63) is 48.0 Å². The fourth-order valence-corrected chi connectivity index (χ4v) is 3.15. The average molecular weight is 381 g/mol. The molecule has 3 rings (SSSR count). The summed E-state index contributed by atoms with van der Waals surface area (Å²) in [4.78, 5) is 33.4. The highest BCUT2D eigenvalue weighted by Crippen LogP contribution is 2.16. The van der Waals surface area contributed by atoms with Gasteiger partial charge < -0.3 is 19.5 Å². The number of nitrogens with one attached hydrogen (secondary N) is 1. The van der Waals surface area contributed by atoms with Crippen LogP contribution < -0.4 is 10.2 Å². The van der Waals surface area contributed by atoms with Crippen molar-refractivity contribution in [1.29, 1.82) is 5.26 Å². The van der Waals surface area contributed by atoms with Crippen molar-refractivity contribution in [3.8, 4) is 6.07 Å². The molecular formula is C20H23N5O3. The van der Waals surface area contributed by atoms with Crippen LogP contribution in [0.2, 0.25) is 0 Å². The van der Waals surface area contributed by atoms with Crippen molar-refractivity contribution in [2.45, 2.75) is 19.9 Å². The number of aromatic nitrogens is 1. The van der Waals surface area contributed by atoms with Gasteiger partial charge in [0.1, 0.15) is 11.9 Å². The number of furan rings is 1. The lowest BCUT2D eigenvalue weighted by Crippen LogP contribution is -2.56. The van der Waals surface area contributed by atoms with E-state index in [1.54, 1.807) is 35.4 Å². The number of nitrogens with zero attached hydrogens (tertiary/aromatic N) is 4. The summed E-state index contributed by atoms with van der Waals surface area (Å²) < 4.78 is 5.11. The Morgan fingerprint density at radius 1 is 1.25 bits per heavy atom. The maximum absolute atomic E-state index is 13.0. The van der Waals surface area contributed by atoms with Gasteiger partial charge in [0.15, 0.2) is 5.76 Å². The number of hydrogen-bond acceptors (Lipinski definition) is 6. The van der Waals surface area contributed by atoms with E-state index >= 15 is 0 Å². The van der Waals surface area contributed by atoms with Gasteiger partial charge in [0.05, 0.1) is 17.9 Å². The Morgan fingerprint density at radius 2 is 2.00 bits per heavy atom. The topological polar surface area (TPSA) is 102 Å². The summed E-state index contributed by atoms with van der Waals surface area (Å²) in [7, 11) is 0. The highest BCUT2D eigenvalue weighted by molar-refractivity contribution is 5.95. The Kier molecular flexibility index (Phi) is 5.94. The number of hydrogen-bond donors (Lipinski definition) is 1. The molecule has 2 amide bonds. The fraction of sp³-hybridized carbons (Fsp3) is 0.400. The van der Waals surface area contributed by atoms with E-state index in [0.29, 0.717) is 31.7 Å². The molecule has 0 spiro atoms. The molecule has 3 heterocycles. The zero-order valence-electron chi connectivity index (χ0n) is 16.0. The van der Waals surface area contributed by atoms with Gasteiger partial charge in [0.2, 0.25) is 5.91 Å². The number of amides is 2. The minimum absolute atomic E-state index is 0.0570. The van der Waals surface area contributed by atoms with E-state index in [4.69, 9.17) is 9.68 Å². The van der Waals surface area contributed by atoms with Crippen molar-refractivity contribution >= 4 is 17.6 Å². The van der Waals surface area contributed by atoms with Crippen LogP contribution in [0.15, 0.2) is 41.1 Å². The maximum atomic E-state index is 13.0. The Balaban J connectivity index is 1.62. The van der Waals surface area contributed by atoms with Crippen LogP contribution in [-0.4, -0.2) is 53.9 Å². The van der Waals surface area contributed by atoms with Gasteiger partial charge in [0.25, 0.3) is 5.91 Å². The lowest BCUT2D eigenvalue weighted by atomic mass is 10.0. The highest BCUT2D eigenvalue weighted by Gasteiger charge is 2.31. The summed E-state index contributed by atoms with van der Waals surface area (Å²) in [5.74, 6) is 0.365. The first-order valence-corrected chi connectivity index (χ1v) is 9.24. The molecule has 1 N–H and O–H groups in total. The third-order valence-electron chi connectivity index (χ3n) is 4.75. The number of piperazine rings is 1. The van der Waals surface area contributed by atoms with Crippen LogP contribution in [0.25, 0.3) is 0 Å². The molecule has 8 nitrogen and oxygen atoms in total. The third-order valence-corrected chi connectivity index (χ3v) is 4.75. The van der Waals surface area contributed by atoms with Crippen molar-refractivity contribution < 1.29 is 14.0 Å². The van der Waals surface area contributed by atoms with E-state index in [2.05, 4.69) is 21.3 Å². The van der Waals surface area contributed by atoms with Gasteiger partial charge in [-0.25, -0.2) is 4.98 Å². The average Bonchev–Trinajstić information content (AvgIpc) is 3.26. The van der Waals surface area contributed by atoms with Gasteiger partial charge in [-0.3, -0.25) is 9.59 Å². The van der Waals surface area contributed by atoms with Crippen LogP contribution in [0.1, 0.15) is 30.0 Å². The molecule has 1 saturated heterocycles. The van der Waals surface area contributed by atoms with E-state index in [1.165, 1.54) is 6.26 Å². The predicted octanol–water partition coefficient (Wildman–Crippen LogP) is 1.65. The molecule has 0 bridgehead atoms. The number of nitriles is 1. The lowest BCUT2D eigenvalue weighted by Gasteiger charge is -2.37. The molecule has 1 atom stereocenters. The smallest absolute Gasteiger partial charge is 0.287 e. The largest absolute Gasteiger partial charge is 0.459 e. The first-order chi connectivity index (χ1) is 13.5. The Hall–Kier alpha value is -3.34. The third kappa shape index (κ3) is 4.31. The first-order valence-electron chi connectivity index (χ1n) is 9.24. The monoisotopic (exact) mass is 381 g/mol. The Labute approximate surface area is 163 Å². The van der Waals surface area contributed by atoms with Crippen LogP contribution in [0.5, 0.6) is 0 Å². The number of carbonyl (C=O) groups is 2. The van der Waals surface area contributed by atoms with E-state index in [9.17, 15) is 9.59 Å². The molecule has 1 fully saturated rings. The molecule has 0 radical (unpaired) electrons. The second-order valence-electron chi connectivity index (χ2n) is 7.00.